The minimum absolute atomic E-state index is 0.109. The van der Waals surface area contributed by atoms with Gasteiger partial charge in [0, 0.05) is 28.8 Å². The number of nitrogens with two attached hydrogens (primary N) is 1. The number of hydrogen-bond acceptors (Lipinski definition) is 4. The van der Waals surface area contributed by atoms with Gasteiger partial charge in [-0.1, -0.05) is 12.1 Å². The van der Waals surface area contributed by atoms with E-state index in [0.29, 0.717) is 22.2 Å². The van der Waals surface area contributed by atoms with E-state index < -0.39 is 29.0 Å². The summed E-state index contributed by atoms with van der Waals surface area (Å²) < 4.78 is 56.7. The van der Waals surface area contributed by atoms with Crippen LogP contribution in [0.4, 0.5) is 17.6 Å². The minimum atomic E-state index is -4.77. The second-order valence-corrected chi connectivity index (χ2v) is 7.67. The zero-order valence-corrected chi connectivity index (χ0v) is 17.3. The molecule has 170 valence electrons. The molecule has 0 aliphatic heterocycles. The minimum Gasteiger partial charge on any atom is -0.366 e. The van der Waals surface area contributed by atoms with E-state index in [1.54, 1.807) is 29.0 Å². The molecule has 0 radical (unpaired) electrons. The molecule has 0 spiro atoms. The number of carbonyl (C=O) groups excluding carboxylic acids is 1. The highest BCUT2D eigenvalue weighted by Gasteiger charge is 2.35. The van der Waals surface area contributed by atoms with Gasteiger partial charge in [-0.15, -0.1) is 0 Å². The number of imidazole rings is 1. The summed E-state index contributed by atoms with van der Waals surface area (Å²) in [6.07, 6.45) is -1.70. The standard InChI is InChI=1S/C24H15F4N5O/c25-18-10-21-13(2-1-7-30-21)8-15(18)11-33-12-31-20-6-5-19(32-23(20)33)14-3-4-16(22(29)34)17(9-14)24(26,27)28/h1-10,12H,11H2,(H2,29,34). The summed E-state index contributed by atoms with van der Waals surface area (Å²) in [5.41, 5.74) is 5.50. The lowest BCUT2D eigenvalue weighted by atomic mass is 10.0. The predicted octanol–water partition coefficient (Wildman–Crippen LogP) is 4.95. The SMILES string of the molecule is NC(=O)c1ccc(-c2ccc3ncn(Cc4cc5cccnc5cc4F)c3n2)cc1C(F)(F)F. The molecule has 0 aliphatic carbocycles. The van der Waals surface area contributed by atoms with Gasteiger partial charge >= 0.3 is 6.18 Å². The molecule has 2 N–H and O–H groups in total. The Morgan fingerprint density at radius 2 is 1.82 bits per heavy atom. The number of alkyl halides is 3. The Morgan fingerprint density at radius 1 is 1.00 bits per heavy atom. The second-order valence-electron chi connectivity index (χ2n) is 7.67. The molecule has 3 heterocycles. The molecule has 0 atom stereocenters. The van der Waals surface area contributed by atoms with Gasteiger partial charge < -0.3 is 10.3 Å². The van der Waals surface area contributed by atoms with Gasteiger partial charge in [0.15, 0.2) is 5.65 Å². The van der Waals surface area contributed by atoms with Crippen LogP contribution in [0, 0.1) is 5.82 Å². The largest absolute Gasteiger partial charge is 0.417 e. The molecular weight excluding hydrogens is 450 g/mol. The average Bonchev–Trinajstić information content (AvgIpc) is 3.20. The summed E-state index contributed by atoms with van der Waals surface area (Å²) in [4.78, 5) is 24.3. The van der Waals surface area contributed by atoms with Gasteiger partial charge in [-0.05, 0) is 36.4 Å². The van der Waals surface area contributed by atoms with Crippen molar-refractivity contribution in [3.05, 3.63) is 89.6 Å². The molecule has 6 nitrogen and oxygen atoms in total. The molecule has 0 saturated heterocycles. The summed E-state index contributed by atoms with van der Waals surface area (Å²) in [5, 5.41) is 0.770. The Kier molecular flexibility index (Phi) is 5.00. The van der Waals surface area contributed by atoms with Crippen LogP contribution in [-0.2, 0) is 12.7 Å². The molecule has 1 amide bonds. The number of hydrogen-bond donors (Lipinski definition) is 1. The number of fused-ring (bicyclic) bond motifs is 2. The number of nitrogens with zero attached hydrogens (tertiary/aromatic N) is 4. The van der Waals surface area contributed by atoms with Crippen molar-refractivity contribution in [1.82, 2.24) is 19.5 Å². The second kappa shape index (κ2) is 7.91. The summed E-state index contributed by atoms with van der Waals surface area (Å²) in [6.45, 7) is 0.109. The van der Waals surface area contributed by atoms with E-state index in [2.05, 4.69) is 15.0 Å². The lowest BCUT2D eigenvalue weighted by Gasteiger charge is -2.13. The summed E-state index contributed by atoms with van der Waals surface area (Å²) in [5.74, 6) is -1.62. The van der Waals surface area contributed by atoms with Crippen molar-refractivity contribution in [2.24, 2.45) is 5.73 Å². The number of aromatic nitrogens is 4. The van der Waals surface area contributed by atoms with E-state index in [-0.39, 0.29) is 17.8 Å². The van der Waals surface area contributed by atoms with Crippen LogP contribution in [0.25, 0.3) is 33.3 Å². The Morgan fingerprint density at radius 3 is 2.59 bits per heavy atom. The van der Waals surface area contributed by atoms with Gasteiger partial charge in [-0.25, -0.2) is 14.4 Å². The third kappa shape index (κ3) is 3.83. The van der Waals surface area contributed by atoms with E-state index in [9.17, 15) is 22.4 Å². The summed E-state index contributed by atoms with van der Waals surface area (Å²) >= 11 is 0. The van der Waals surface area contributed by atoms with Crippen molar-refractivity contribution < 1.29 is 22.4 Å². The van der Waals surface area contributed by atoms with E-state index in [0.717, 1.165) is 17.5 Å². The van der Waals surface area contributed by atoms with Gasteiger partial charge in [0.05, 0.1) is 35.2 Å². The topological polar surface area (TPSA) is 86.7 Å². The molecule has 0 bridgehead atoms. The quantitative estimate of drug-likeness (QED) is 0.381. The fraction of sp³-hybridized carbons (Fsp3) is 0.0833. The smallest absolute Gasteiger partial charge is 0.366 e. The molecule has 5 rings (SSSR count). The maximum atomic E-state index is 14.7. The number of halogens is 4. The first-order valence-corrected chi connectivity index (χ1v) is 10.1. The van der Waals surface area contributed by atoms with E-state index in [1.807, 2.05) is 6.07 Å². The lowest BCUT2D eigenvalue weighted by Crippen LogP contribution is -2.18. The monoisotopic (exact) mass is 465 g/mol. The fourth-order valence-electron chi connectivity index (χ4n) is 3.82. The Labute approximate surface area is 189 Å². The zero-order valence-electron chi connectivity index (χ0n) is 17.3. The maximum Gasteiger partial charge on any atom is 0.417 e. The van der Waals surface area contributed by atoms with Crippen LogP contribution in [0.1, 0.15) is 21.5 Å². The molecule has 0 aliphatic rings. The number of primary amides is 1. The zero-order chi connectivity index (χ0) is 24.0. The number of amides is 1. The van der Waals surface area contributed by atoms with Crippen LogP contribution < -0.4 is 5.73 Å². The average molecular weight is 465 g/mol. The molecule has 5 aromatic rings. The molecule has 0 unspecified atom stereocenters. The third-order valence-corrected chi connectivity index (χ3v) is 5.46. The van der Waals surface area contributed by atoms with Gasteiger partial charge in [0.25, 0.3) is 0 Å². The number of carbonyl (C=O) groups is 1. The van der Waals surface area contributed by atoms with Crippen molar-refractivity contribution in [2.45, 2.75) is 12.7 Å². The molecule has 0 fully saturated rings. The molecule has 10 heteroatoms. The Balaban J connectivity index is 1.57. The third-order valence-electron chi connectivity index (χ3n) is 5.46. The van der Waals surface area contributed by atoms with E-state index in [4.69, 9.17) is 5.73 Å². The highest BCUT2D eigenvalue weighted by atomic mass is 19.4. The number of pyridine rings is 2. The maximum absolute atomic E-state index is 14.7. The van der Waals surface area contributed by atoms with E-state index >= 15 is 0 Å². The summed E-state index contributed by atoms with van der Waals surface area (Å²) in [6, 6.07) is 13.0. The predicted molar refractivity (Wildman–Crippen MR) is 117 cm³/mol. The first-order valence-electron chi connectivity index (χ1n) is 10.1. The van der Waals surface area contributed by atoms with Crippen LogP contribution in [0.15, 0.2) is 67.1 Å². The van der Waals surface area contributed by atoms with E-state index in [1.165, 1.54) is 24.5 Å². The van der Waals surface area contributed by atoms with Crippen LogP contribution in [0.3, 0.4) is 0 Å². The Bertz CT molecular complexity index is 1580. The fourth-order valence-corrected chi connectivity index (χ4v) is 3.82. The first-order chi connectivity index (χ1) is 16.2. The molecule has 2 aromatic carbocycles. The molecule has 0 saturated carbocycles. The van der Waals surface area contributed by atoms with Crippen LogP contribution >= 0.6 is 0 Å². The van der Waals surface area contributed by atoms with Crippen LogP contribution in [0.5, 0.6) is 0 Å². The van der Waals surface area contributed by atoms with Crippen molar-refractivity contribution in [3.8, 4) is 11.3 Å². The highest BCUT2D eigenvalue weighted by molar-refractivity contribution is 5.95. The first kappa shape index (κ1) is 21.5. The number of rotatable bonds is 4. The highest BCUT2D eigenvalue weighted by Crippen LogP contribution is 2.35. The summed E-state index contributed by atoms with van der Waals surface area (Å²) in [7, 11) is 0. The van der Waals surface area contributed by atoms with Crippen LogP contribution in [-0.4, -0.2) is 25.4 Å². The normalized spacial score (nSPS) is 11.9. The van der Waals surface area contributed by atoms with Crippen molar-refractivity contribution in [1.29, 1.82) is 0 Å². The van der Waals surface area contributed by atoms with Crippen LogP contribution in [0.2, 0.25) is 0 Å². The van der Waals surface area contributed by atoms with Gasteiger partial charge in [0.2, 0.25) is 5.91 Å². The Hall–Kier alpha value is -4.34. The van der Waals surface area contributed by atoms with Gasteiger partial charge in [-0.3, -0.25) is 9.78 Å². The molecular formula is C24H15F4N5O. The molecule has 3 aromatic heterocycles. The number of benzene rings is 2. The van der Waals surface area contributed by atoms with Crippen molar-refractivity contribution in [3.63, 3.8) is 0 Å². The van der Waals surface area contributed by atoms with Crippen molar-refractivity contribution >= 4 is 28.0 Å². The van der Waals surface area contributed by atoms with Crippen molar-refractivity contribution in [2.75, 3.05) is 0 Å². The van der Waals surface area contributed by atoms with Gasteiger partial charge in [0.1, 0.15) is 11.3 Å². The van der Waals surface area contributed by atoms with Gasteiger partial charge in [-0.2, -0.15) is 13.2 Å². The molecule has 34 heavy (non-hydrogen) atoms. The lowest BCUT2D eigenvalue weighted by molar-refractivity contribution is -0.137.